The van der Waals surface area contributed by atoms with Gasteiger partial charge in [0.1, 0.15) is 11.2 Å². The third-order valence-corrected chi connectivity index (χ3v) is 4.46. The summed E-state index contributed by atoms with van der Waals surface area (Å²) in [5.41, 5.74) is 1.95. The molecule has 2 aromatic rings. The van der Waals surface area contributed by atoms with Gasteiger partial charge in [0.2, 0.25) is 0 Å². The van der Waals surface area contributed by atoms with Crippen molar-refractivity contribution in [2.24, 2.45) is 0 Å². The molecule has 2 heteroatoms. The summed E-state index contributed by atoms with van der Waals surface area (Å²) in [6.07, 6.45) is 2.95. The zero-order valence-corrected chi connectivity index (χ0v) is 10.7. The zero-order valence-electron chi connectivity index (χ0n) is 10.7. The Labute approximate surface area is 112 Å². The molecule has 0 N–H and O–H groups in total. The summed E-state index contributed by atoms with van der Waals surface area (Å²) in [5, 5.41) is 0. The monoisotopic (exact) mass is 252 g/mol. The minimum atomic E-state index is -0.253. The lowest BCUT2D eigenvalue weighted by Crippen LogP contribution is -2.24. The fourth-order valence-corrected chi connectivity index (χ4v) is 3.42. The number of hydrogen-bond acceptors (Lipinski definition) is 2. The van der Waals surface area contributed by atoms with Crippen molar-refractivity contribution < 1.29 is 9.78 Å². The van der Waals surface area contributed by atoms with Crippen molar-refractivity contribution in [1.29, 1.82) is 0 Å². The number of hydrogen-bond donors (Lipinski definition) is 0. The lowest BCUT2D eigenvalue weighted by Gasteiger charge is -2.27. The molecule has 2 nitrogen and oxygen atoms in total. The summed E-state index contributed by atoms with van der Waals surface area (Å²) in [6.45, 7) is 0. The molecule has 0 spiro atoms. The van der Waals surface area contributed by atoms with E-state index in [4.69, 9.17) is 9.78 Å². The molecule has 1 saturated carbocycles. The maximum absolute atomic E-state index is 5.78. The van der Waals surface area contributed by atoms with Crippen molar-refractivity contribution in [3.63, 3.8) is 0 Å². The average molecular weight is 252 g/mol. The minimum absolute atomic E-state index is 0.253. The molecule has 0 radical (unpaired) electrons. The van der Waals surface area contributed by atoms with E-state index in [9.17, 15) is 0 Å². The topological polar surface area (TPSA) is 18.5 Å². The highest BCUT2D eigenvalue weighted by atomic mass is 17.2. The first-order chi connectivity index (χ1) is 9.33. The van der Waals surface area contributed by atoms with Crippen LogP contribution < -0.4 is 0 Å². The maximum atomic E-state index is 5.78. The van der Waals surface area contributed by atoms with Gasteiger partial charge in [0.25, 0.3) is 0 Å². The third kappa shape index (κ3) is 1.57. The predicted octanol–water partition coefficient (Wildman–Crippen LogP) is 3.92. The van der Waals surface area contributed by atoms with Crippen LogP contribution in [0.3, 0.4) is 0 Å². The summed E-state index contributed by atoms with van der Waals surface area (Å²) in [4.78, 5) is 11.6. The first-order valence-corrected chi connectivity index (χ1v) is 6.81. The molecule has 2 aromatic carbocycles. The first kappa shape index (κ1) is 11.2. The smallest absolute Gasteiger partial charge is 0.132 e. The lowest BCUT2D eigenvalue weighted by atomic mass is 9.88. The van der Waals surface area contributed by atoms with Crippen LogP contribution in [0.1, 0.15) is 30.4 Å². The van der Waals surface area contributed by atoms with Crippen molar-refractivity contribution >= 4 is 0 Å². The van der Waals surface area contributed by atoms with Crippen molar-refractivity contribution in [2.75, 3.05) is 0 Å². The van der Waals surface area contributed by atoms with Crippen LogP contribution in [0.4, 0.5) is 0 Å². The Kier molecular flexibility index (Phi) is 2.32. The molecule has 1 aliphatic heterocycles. The zero-order chi connectivity index (χ0) is 12.8. The largest absolute Gasteiger partial charge is 0.224 e. The van der Waals surface area contributed by atoms with E-state index in [2.05, 4.69) is 48.5 Å². The van der Waals surface area contributed by atoms with E-state index < -0.39 is 0 Å². The number of rotatable bonds is 2. The highest BCUT2D eigenvalue weighted by Crippen LogP contribution is 2.59. The predicted molar refractivity (Wildman–Crippen MR) is 72.3 cm³/mol. The number of fused-ring (bicyclic) bond motifs is 2. The van der Waals surface area contributed by atoms with E-state index in [1.165, 1.54) is 11.1 Å². The van der Waals surface area contributed by atoms with Gasteiger partial charge < -0.3 is 0 Å². The molecule has 1 heterocycles. The Balaban J connectivity index is 1.73. The van der Waals surface area contributed by atoms with Gasteiger partial charge in [-0.2, -0.15) is 0 Å². The Hall–Kier alpha value is -1.64. The molecule has 2 bridgehead atoms. The minimum Gasteiger partial charge on any atom is -0.224 e. The molecular formula is C17H16O2. The molecule has 19 heavy (non-hydrogen) atoms. The van der Waals surface area contributed by atoms with Crippen LogP contribution in [0.15, 0.2) is 60.7 Å². The summed E-state index contributed by atoms with van der Waals surface area (Å²) in [7, 11) is 0. The van der Waals surface area contributed by atoms with Crippen molar-refractivity contribution in [3.8, 4) is 0 Å². The van der Waals surface area contributed by atoms with E-state index in [0.717, 1.165) is 19.3 Å². The molecule has 1 saturated heterocycles. The van der Waals surface area contributed by atoms with E-state index >= 15 is 0 Å². The summed E-state index contributed by atoms with van der Waals surface area (Å²) >= 11 is 0. The average Bonchev–Trinajstić information content (AvgIpc) is 3.08. The highest BCUT2D eigenvalue weighted by Gasteiger charge is 2.59. The van der Waals surface area contributed by atoms with E-state index in [-0.39, 0.29) is 11.2 Å². The van der Waals surface area contributed by atoms with Gasteiger partial charge in [-0.1, -0.05) is 60.7 Å². The van der Waals surface area contributed by atoms with Gasteiger partial charge in [0.15, 0.2) is 0 Å². The molecule has 2 fully saturated rings. The lowest BCUT2D eigenvalue weighted by molar-refractivity contribution is -0.381. The van der Waals surface area contributed by atoms with Gasteiger partial charge in [0.05, 0.1) is 0 Å². The molecule has 0 unspecified atom stereocenters. The van der Waals surface area contributed by atoms with Crippen molar-refractivity contribution in [2.45, 2.75) is 30.5 Å². The van der Waals surface area contributed by atoms with E-state index in [0.29, 0.717) is 0 Å². The van der Waals surface area contributed by atoms with Crippen LogP contribution in [0, 0.1) is 0 Å². The Bertz CT molecular complexity index is 515. The molecule has 1 aliphatic carbocycles. The maximum Gasteiger partial charge on any atom is 0.132 e. The fourth-order valence-electron chi connectivity index (χ4n) is 3.42. The van der Waals surface area contributed by atoms with Crippen LogP contribution in [0.2, 0.25) is 0 Å². The fraction of sp³-hybridized carbons (Fsp3) is 0.294. The molecule has 2 aliphatic rings. The van der Waals surface area contributed by atoms with Crippen molar-refractivity contribution in [1.82, 2.24) is 0 Å². The Morgan fingerprint density at radius 3 is 1.42 bits per heavy atom. The van der Waals surface area contributed by atoms with Crippen LogP contribution >= 0.6 is 0 Å². The summed E-state index contributed by atoms with van der Waals surface area (Å²) < 4.78 is 0. The van der Waals surface area contributed by atoms with E-state index in [1.807, 2.05) is 12.1 Å². The Morgan fingerprint density at radius 2 is 1.05 bits per heavy atom. The molecule has 0 aromatic heterocycles. The van der Waals surface area contributed by atoms with Crippen LogP contribution in [0.5, 0.6) is 0 Å². The van der Waals surface area contributed by atoms with E-state index in [1.54, 1.807) is 0 Å². The third-order valence-electron chi connectivity index (χ3n) is 4.46. The second kappa shape index (κ2) is 3.92. The van der Waals surface area contributed by atoms with Crippen LogP contribution in [-0.4, -0.2) is 0 Å². The quantitative estimate of drug-likeness (QED) is 0.754. The molecule has 2 atom stereocenters. The molecule has 0 amide bonds. The SMILES string of the molecule is c1ccc([C@@]23CC[C@@](c4ccccc4)(C2)OO3)cc1. The van der Waals surface area contributed by atoms with Gasteiger partial charge in [-0.3, -0.25) is 0 Å². The van der Waals surface area contributed by atoms with Crippen LogP contribution in [-0.2, 0) is 21.0 Å². The summed E-state index contributed by atoms with van der Waals surface area (Å²) in [6, 6.07) is 20.9. The molecule has 96 valence electrons. The Morgan fingerprint density at radius 1 is 0.632 bits per heavy atom. The number of benzene rings is 2. The molecule has 4 rings (SSSR count). The van der Waals surface area contributed by atoms with Gasteiger partial charge >= 0.3 is 0 Å². The van der Waals surface area contributed by atoms with Gasteiger partial charge in [-0.15, -0.1) is 0 Å². The molecular weight excluding hydrogens is 236 g/mol. The van der Waals surface area contributed by atoms with Crippen molar-refractivity contribution in [3.05, 3.63) is 71.8 Å². The summed E-state index contributed by atoms with van der Waals surface area (Å²) in [5.74, 6) is 0. The van der Waals surface area contributed by atoms with Gasteiger partial charge in [-0.05, 0) is 24.0 Å². The standard InChI is InChI=1S/C17H16O2/c1-3-7-14(8-4-1)16-11-12-17(13-16,19-18-16)15-9-5-2-6-10-15/h1-10H,11-13H2/t16-,17+. The van der Waals surface area contributed by atoms with Gasteiger partial charge in [0, 0.05) is 6.42 Å². The normalized spacial score (nSPS) is 32.6. The van der Waals surface area contributed by atoms with Gasteiger partial charge in [-0.25, -0.2) is 9.78 Å². The van der Waals surface area contributed by atoms with Crippen LogP contribution in [0.25, 0.3) is 0 Å². The second-order valence-electron chi connectivity index (χ2n) is 5.56. The highest BCUT2D eigenvalue weighted by molar-refractivity contribution is 5.32. The second-order valence-corrected chi connectivity index (χ2v) is 5.56. The first-order valence-electron chi connectivity index (χ1n) is 6.81.